The summed E-state index contributed by atoms with van der Waals surface area (Å²) in [6, 6.07) is 7.97. The first-order chi connectivity index (χ1) is 15.8. The van der Waals surface area contributed by atoms with Gasteiger partial charge in [0, 0.05) is 29.6 Å². The first-order valence-corrected chi connectivity index (χ1v) is 9.90. The first-order valence-electron chi connectivity index (χ1n) is 9.90. The van der Waals surface area contributed by atoms with Crippen LogP contribution in [0.3, 0.4) is 0 Å². The van der Waals surface area contributed by atoms with E-state index in [2.05, 4.69) is 20.1 Å². The van der Waals surface area contributed by atoms with Crippen LogP contribution in [0.25, 0.3) is 10.9 Å². The maximum atomic E-state index is 12.5. The molecule has 0 unspecified atom stereocenters. The van der Waals surface area contributed by atoms with Gasteiger partial charge in [-0.3, -0.25) is 9.58 Å². The molecule has 3 rings (SSSR count). The lowest BCUT2D eigenvalue weighted by Crippen LogP contribution is -2.29. The standard InChI is InChI=1S/C21H25N9O3/c1-13(2)18(31)9-19(22)28-21(32)30-6-5-14-7-16(3-4-17(14)30)33-20-8-15(25-11-26-20)10-29(24)12-27-23/h3-9,11-13,31H,10,23-24H2,1-2H3,(H2,22,28,32)/b18-9-,27-12-. The zero-order chi connectivity index (χ0) is 24.0. The molecular formula is C21H25N9O3. The summed E-state index contributed by atoms with van der Waals surface area (Å²) in [6.45, 7) is 3.86. The molecule has 0 aliphatic carbocycles. The SMILES string of the molecule is CC(C)/C(O)=C/C(N)=N\C(=O)n1ccc2cc(Oc3cc(CN(N)/C=N\N)ncn3)ccc21. The molecule has 0 fully saturated rings. The summed E-state index contributed by atoms with van der Waals surface area (Å²) in [7, 11) is 0. The second-order valence-corrected chi connectivity index (χ2v) is 7.34. The van der Waals surface area contributed by atoms with Gasteiger partial charge in [0.1, 0.15) is 24.3 Å². The molecule has 0 radical (unpaired) electrons. The normalized spacial score (nSPS) is 12.6. The minimum atomic E-state index is -0.586. The van der Waals surface area contributed by atoms with Crippen molar-refractivity contribution in [3.63, 3.8) is 0 Å². The monoisotopic (exact) mass is 451 g/mol. The molecule has 0 spiro atoms. The van der Waals surface area contributed by atoms with Crippen LogP contribution < -0.4 is 22.2 Å². The second kappa shape index (κ2) is 10.2. The van der Waals surface area contributed by atoms with Gasteiger partial charge < -0.3 is 21.4 Å². The molecule has 1 amide bonds. The van der Waals surface area contributed by atoms with Crippen molar-refractivity contribution in [1.29, 1.82) is 0 Å². The molecule has 7 N–H and O–H groups in total. The van der Waals surface area contributed by atoms with Crippen LogP contribution in [0.4, 0.5) is 4.79 Å². The molecule has 12 nitrogen and oxygen atoms in total. The van der Waals surface area contributed by atoms with Crippen LogP contribution in [0, 0.1) is 5.92 Å². The molecule has 33 heavy (non-hydrogen) atoms. The molecule has 12 heteroatoms. The Morgan fingerprint density at radius 1 is 1.30 bits per heavy atom. The van der Waals surface area contributed by atoms with E-state index in [0.717, 1.165) is 5.39 Å². The maximum absolute atomic E-state index is 12.5. The van der Waals surface area contributed by atoms with E-state index >= 15 is 0 Å². The number of aliphatic hydroxyl groups is 1. The van der Waals surface area contributed by atoms with E-state index in [1.54, 1.807) is 50.4 Å². The van der Waals surface area contributed by atoms with Crippen LogP contribution in [0.15, 0.2) is 64.8 Å². The molecule has 1 aromatic carbocycles. The van der Waals surface area contributed by atoms with Gasteiger partial charge in [0.05, 0.1) is 23.5 Å². The number of hydrazine groups is 1. The summed E-state index contributed by atoms with van der Waals surface area (Å²) in [6.07, 6.45) is 5.48. The number of carbonyl (C=O) groups is 1. The number of hydrogen-bond acceptors (Lipinski definition) is 8. The Hall–Kier alpha value is -4.45. The summed E-state index contributed by atoms with van der Waals surface area (Å²) in [5.41, 5.74) is 6.98. The van der Waals surface area contributed by atoms with E-state index in [9.17, 15) is 9.90 Å². The van der Waals surface area contributed by atoms with Gasteiger partial charge in [0.15, 0.2) is 0 Å². The molecule has 0 atom stereocenters. The fraction of sp³-hybridized carbons (Fsp3) is 0.190. The van der Waals surface area contributed by atoms with Crippen molar-refractivity contribution in [3.05, 3.63) is 60.4 Å². The van der Waals surface area contributed by atoms with Gasteiger partial charge in [0.2, 0.25) is 5.88 Å². The van der Waals surface area contributed by atoms with Crippen molar-refractivity contribution in [3.8, 4) is 11.6 Å². The minimum absolute atomic E-state index is 0.0442. The first kappa shape index (κ1) is 23.2. The van der Waals surface area contributed by atoms with Crippen LogP contribution in [-0.2, 0) is 6.54 Å². The van der Waals surface area contributed by atoms with E-state index in [0.29, 0.717) is 22.8 Å². The quantitative estimate of drug-likeness (QED) is 0.137. The Balaban J connectivity index is 1.78. The van der Waals surface area contributed by atoms with E-state index in [1.165, 1.54) is 28.3 Å². The number of aromatic nitrogens is 3. The Morgan fingerprint density at radius 3 is 2.82 bits per heavy atom. The molecule has 2 aromatic heterocycles. The predicted octanol–water partition coefficient (Wildman–Crippen LogP) is 2.22. The van der Waals surface area contributed by atoms with Crippen molar-refractivity contribution in [2.24, 2.45) is 33.4 Å². The van der Waals surface area contributed by atoms with Gasteiger partial charge in [0.25, 0.3) is 0 Å². The molecule has 2 heterocycles. The van der Waals surface area contributed by atoms with Gasteiger partial charge in [-0.25, -0.2) is 20.6 Å². The van der Waals surface area contributed by atoms with Crippen molar-refractivity contribution in [1.82, 2.24) is 19.5 Å². The third-order valence-electron chi connectivity index (χ3n) is 4.46. The molecule has 3 aromatic rings. The topological polar surface area (TPSA) is 183 Å². The number of allylic oxidation sites excluding steroid dienone is 1. The smallest absolute Gasteiger partial charge is 0.354 e. The summed E-state index contributed by atoms with van der Waals surface area (Å²) in [4.78, 5) is 24.6. The van der Waals surface area contributed by atoms with Crippen molar-refractivity contribution >= 4 is 29.1 Å². The number of benzene rings is 1. The summed E-state index contributed by atoms with van der Waals surface area (Å²) in [5, 5.41) is 15.2. The van der Waals surface area contributed by atoms with Crippen LogP contribution in [0.2, 0.25) is 0 Å². The lowest BCUT2D eigenvalue weighted by molar-refractivity contribution is 0.251. The highest BCUT2D eigenvalue weighted by Crippen LogP contribution is 2.26. The zero-order valence-electron chi connectivity index (χ0n) is 18.2. The fourth-order valence-electron chi connectivity index (χ4n) is 2.82. The number of aliphatic hydroxyl groups excluding tert-OH is 1. The summed E-state index contributed by atoms with van der Waals surface area (Å²) >= 11 is 0. The molecule has 0 bridgehead atoms. The number of aliphatic imine (C=N–C) groups is 1. The molecule has 0 saturated heterocycles. The lowest BCUT2D eigenvalue weighted by atomic mass is 10.1. The molecule has 172 valence electrons. The van der Waals surface area contributed by atoms with E-state index in [1.807, 2.05) is 0 Å². The highest BCUT2D eigenvalue weighted by Gasteiger charge is 2.11. The van der Waals surface area contributed by atoms with Crippen LogP contribution >= 0.6 is 0 Å². The zero-order valence-corrected chi connectivity index (χ0v) is 18.2. The Bertz CT molecular complexity index is 1230. The Kier molecular flexibility index (Phi) is 7.20. The molecular weight excluding hydrogens is 426 g/mol. The lowest BCUT2D eigenvalue weighted by Gasteiger charge is -2.12. The average molecular weight is 451 g/mol. The minimum Gasteiger partial charge on any atom is -0.512 e. The third kappa shape index (κ3) is 6.04. The maximum Gasteiger partial charge on any atom is 0.354 e. The highest BCUT2D eigenvalue weighted by molar-refractivity contribution is 6.02. The van der Waals surface area contributed by atoms with Crippen molar-refractivity contribution in [2.45, 2.75) is 20.4 Å². The molecule has 0 aliphatic rings. The second-order valence-electron chi connectivity index (χ2n) is 7.34. The van der Waals surface area contributed by atoms with Gasteiger partial charge >= 0.3 is 6.03 Å². The van der Waals surface area contributed by atoms with E-state index in [-0.39, 0.29) is 24.1 Å². The van der Waals surface area contributed by atoms with E-state index < -0.39 is 6.03 Å². The number of hydrogen-bond donors (Lipinski definition) is 4. The van der Waals surface area contributed by atoms with Crippen LogP contribution in [-0.4, -0.2) is 42.9 Å². The highest BCUT2D eigenvalue weighted by atomic mass is 16.5. The number of ether oxygens (including phenoxy) is 1. The summed E-state index contributed by atoms with van der Waals surface area (Å²) in [5.74, 6) is 11.5. The van der Waals surface area contributed by atoms with Crippen molar-refractivity contribution in [2.75, 3.05) is 0 Å². The number of amidine groups is 1. The average Bonchev–Trinajstić information content (AvgIpc) is 3.17. The Morgan fingerprint density at radius 2 is 2.09 bits per heavy atom. The third-order valence-corrected chi connectivity index (χ3v) is 4.46. The summed E-state index contributed by atoms with van der Waals surface area (Å²) < 4.78 is 7.17. The van der Waals surface area contributed by atoms with Gasteiger partial charge in [-0.1, -0.05) is 13.8 Å². The van der Waals surface area contributed by atoms with Gasteiger partial charge in [-0.2, -0.15) is 10.1 Å². The molecule has 0 aliphatic heterocycles. The Labute approximate surface area is 189 Å². The largest absolute Gasteiger partial charge is 0.512 e. The molecule has 0 saturated carbocycles. The van der Waals surface area contributed by atoms with Gasteiger partial charge in [-0.15, -0.1) is 0 Å². The van der Waals surface area contributed by atoms with Gasteiger partial charge in [-0.05, 0) is 24.3 Å². The number of carbonyl (C=O) groups excluding carboxylic acids is 1. The number of nitrogens with two attached hydrogens (primary N) is 3. The van der Waals surface area contributed by atoms with Crippen molar-refractivity contribution < 1.29 is 14.6 Å². The number of amides is 1. The predicted molar refractivity (Wildman–Crippen MR) is 124 cm³/mol. The number of rotatable bonds is 7. The number of nitrogens with zero attached hydrogens (tertiary/aromatic N) is 6. The fourth-order valence-corrected chi connectivity index (χ4v) is 2.82. The van der Waals surface area contributed by atoms with E-state index in [4.69, 9.17) is 22.2 Å². The number of fused-ring (bicyclic) bond motifs is 1. The number of hydrazone groups is 1. The van der Waals surface area contributed by atoms with Crippen LogP contribution in [0.1, 0.15) is 19.5 Å². The van der Waals surface area contributed by atoms with Crippen LogP contribution in [0.5, 0.6) is 11.6 Å².